The van der Waals surface area contributed by atoms with Crippen LogP contribution in [-0.4, -0.2) is 50.2 Å². The summed E-state index contributed by atoms with van der Waals surface area (Å²) in [6.07, 6.45) is 0. The first-order valence-electron chi connectivity index (χ1n) is 10.4. The zero-order chi connectivity index (χ0) is 21.8. The number of fused-ring (bicyclic) bond motifs is 1. The van der Waals surface area contributed by atoms with Crippen LogP contribution < -0.4 is 5.56 Å². The number of ketones is 1. The summed E-state index contributed by atoms with van der Waals surface area (Å²) in [6, 6.07) is 9.33. The molecule has 30 heavy (non-hydrogen) atoms. The SMILES string of the molecule is CCN(CC)CCn1c(SCC(=O)c2cc(C)n(C)c2C)nc2ccccc2c1=O. The van der Waals surface area contributed by atoms with Gasteiger partial charge in [-0.3, -0.25) is 14.2 Å². The predicted octanol–water partition coefficient (Wildman–Crippen LogP) is 3.67. The van der Waals surface area contributed by atoms with Gasteiger partial charge in [0.25, 0.3) is 5.56 Å². The number of carbonyl (C=O) groups excluding carboxylic acids is 1. The molecule has 2 aromatic heterocycles. The third-order valence-corrected chi connectivity index (χ3v) is 6.75. The molecular formula is C23H30N4O2S. The fourth-order valence-corrected chi connectivity index (χ4v) is 4.49. The van der Waals surface area contributed by atoms with Crippen LogP contribution >= 0.6 is 11.8 Å². The summed E-state index contributed by atoms with van der Waals surface area (Å²) >= 11 is 1.34. The van der Waals surface area contributed by atoms with Gasteiger partial charge in [-0.2, -0.15) is 0 Å². The Morgan fingerprint density at radius 1 is 1.17 bits per heavy atom. The molecule has 1 aromatic carbocycles. The molecule has 0 radical (unpaired) electrons. The Morgan fingerprint density at radius 3 is 2.50 bits per heavy atom. The Bertz CT molecular complexity index is 1110. The standard InChI is InChI=1S/C23H30N4O2S/c1-6-26(7-2)12-13-27-22(29)18-10-8-9-11-20(18)24-23(27)30-15-21(28)19-14-16(3)25(5)17(19)4/h8-11,14H,6-7,12-13,15H2,1-5H3. The summed E-state index contributed by atoms with van der Waals surface area (Å²) in [5.74, 6) is 0.305. The maximum absolute atomic E-state index is 13.2. The Morgan fingerprint density at radius 2 is 1.87 bits per heavy atom. The fraction of sp³-hybridized carbons (Fsp3) is 0.435. The lowest BCUT2D eigenvalue weighted by Crippen LogP contribution is -2.32. The summed E-state index contributed by atoms with van der Waals surface area (Å²) in [5.41, 5.74) is 3.38. The average Bonchev–Trinajstić information content (AvgIpc) is 3.01. The van der Waals surface area contributed by atoms with Crippen molar-refractivity contribution in [2.45, 2.75) is 39.4 Å². The van der Waals surface area contributed by atoms with Gasteiger partial charge >= 0.3 is 0 Å². The van der Waals surface area contributed by atoms with Gasteiger partial charge in [0.15, 0.2) is 10.9 Å². The normalized spacial score (nSPS) is 11.5. The molecule has 2 heterocycles. The number of likely N-dealkylation sites (N-methyl/N-ethyl adjacent to an activating group) is 1. The largest absolute Gasteiger partial charge is 0.351 e. The van der Waals surface area contributed by atoms with Crippen LogP contribution in [-0.2, 0) is 13.6 Å². The van der Waals surface area contributed by atoms with Gasteiger partial charge in [0, 0.05) is 37.1 Å². The van der Waals surface area contributed by atoms with Gasteiger partial charge < -0.3 is 9.47 Å². The van der Waals surface area contributed by atoms with Crippen molar-refractivity contribution >= 4 is 28.4 Å². The van der Waals surface area contributed by atoms with Gasteiger partial charge in [-0.25, -0.2) is 4.98 Å². The van der Waals surface area contributed by atoms with Gasteiger partial charge in [-0.05, 0) is 45.1 Å². The molecule has 6 nitrogen and oxygen atoms in total. The van der Waals surface area contributed by atoms with Crippen LogP contribution in [0.3, 0.4) is 0 Å². The molecule has 0 amide bonds. The Balaban J connectivity index is 1.91. The minimum atomic E-state index is -0.0468. The molecule has 0 unspecified atom stereocenters. The number of rotatable bonds is 9. The van der Waals surface area contributed by atoms with Gasteiger partial charge in [0.2, 0.25) is 0 Å². The molecule has 0 aliphatic rings. The highest BCUT2D eigenvalue weighted by molar-refractivity contribution is 7.99. The van der Waals surface area contributed by atoms with Gasteiger partial charge in [0.1, 0.15) is 0 Å². The van der Waals surface area contributed by atoms with E-state index in [4.69, 9.17) is 4.98 Å². The number of carbonyl (C=O) groups is 1. The average molecular weight is 427 g/mol. The molecule has 160 valence electrons. The van der Waals surface area contributed by atoms with Crippen molar-refractivity contribution in [2.24, 2.45) is 7.05 Å². The monoisotopic (exact) mass is 426 g/mol. The number of hydrogen-bond donors (Lipinski definition) is 0. The fourth-order valence-electron chi connectivity index (χ4n) is 3.58. The molecule has 0 fully saturated rings. The number of Topliss-reactive ketones (excluding diaryl/α,β-unsaturated/α-hetero) is 1. The quantitative estimate of drug-likeness (QED) is 0.297. The zero-order valence-corrected chi connectivity index (χ0v) is 19.3. The van der Waals surface area contributed by atoms with E-state index in [1.54, 1.807) is 4.57 Å². The molecule has 0 N–H and O–H groups in total. The van der Waals surface area contributed by atoms with Crippen LogP contribution in [0.1, 0.15) is 35.6 Å². The number of aromatic nitrogens is 3. The third-order valence-electron chi connectivity index (χ3n) is 5.77. The molecule has 0 atom stereocenters. The smallest absolute Gasteiger partial charge is 0.262 e. The minimum Gasteiger partial charge on any atom is -0.351 e. The topological polar surface area (TPSA) is 60.1 Å². The summed E-state index contributed by atoms with van der Waals surface area (Å²) in [7, 11) is 1.96. The first-order chi connectivity index (χ1) is 14.4. The number of para-hydroxylation sites is 1. The first-order valence-corrected chi connectivity index (χ1v) is 11.4. The van der Waals surface area contributed by atoms with Crippen molar-refractivity contribution in [1.29, 1.82) is 0 Å². The number of nitrogens with zero attached hydrogens (tertiary/aromatic N) is 4. The predicted molar refractivity (Wildman–Crippen MR) is 124 cm³/mol. The van der Waals surface area contributed by atoms with Crippen LogP contribution in [0.15, 0.2) is 40.3 Å². The van der Waals surface area contributed by atoms with Crippen LogP contribution in [0, 0.1) is 13.8 Å². The van der Waals surface area contributed by atoms with Gasteiger partial charge in [-0.1, -0.05) is 37.7 Å². The van der Waals surface area contributed by atoms with Crippen LogP contribution in [0.2, 0.25) is 0 Å². The maximum Gasteiger partial charge on any atom is 0.262 e. The van der Waals surface area contributed by atoms with E-state index in [9.17, 15) is 9.59 Å². The number of thioether (sulfide) groups is 1. The first kappa shape index (κ1) is 22.3. The zero-order valence-electron chi connectivity index (χ0n) is 18.4. The molecule has 0 aliphatic heterocycles. The molecule has 0 saturated carbocycles. The van der Waals surface area contributed by atoms with E-state index in [-0.39, 0.29) is 17.1 Å². The molecule has 7 heteroatoms. The molecule has 0 saturated heterocycles. The summed E-state index contributed by atoms with van der Waals surface area (Å²) in [6.45, 7) is 11.4. The number of benzene rings is 1. The highest BCUT2D eigenvalue weighted by Gasteiger charge is 2.17. The highest BCUT2D eigenvalue weighted by atomic mass is 32.2. The van der Waals surface area contributed by atoms with Crippen LogP contribution in [0.25, 0.3) is 10.9 Å². The molecule has 3 aromatic rings. The van der Waals surface area contributed by atoms with Crippen molar-refractivity contribution in [3.8, 4) is 0 Å². The van der Waals surface area contributed by atoms with E-state index in [0.29, 0.717) is 22.6 Å². The molecule has 0 bridgehead atoms. The second-order valence-electron chi connectivity index (χ2n) is 7.45. The second-order valence-corrected chi connectivity index (χ2v) is 8.39. The maximum atomic E-state index is 13.2. The van der Waals surface area contributed by atoms with E-state index in [0.717, 1.165) is 36.6 Å². The number of aryl methyl sites for hydroxylation is 1. The minimum absolute atomic E-state index is 0.0468. The van der Waals surface area contributed by atoms with Crippen molar-refractivity contribution < 1.29 is 4.79 Å². The van der Waals surface area contributed by atoms with Crippen molar-refractivity contribution in [3.63, 3.8) is 0 Å². The summed E-state index contributed by atoms with van der Waals surface area (Å²) < 4.78 is 3.74. The van der Waals surface area contributed by atoms with E-state index in [2.05, 4.69) is 18.7 Å². The van der Waals surface area contributed by atoms with Crippen LogP contribution in [0.5, 0.6) is 0 Å². The van der Waals surface area contributed by atoms with Gasteiger partial charge in [-0.15, -0.1) is 0 Å². The lowest BCUT2D eigenvalue weighted by atomic mass is 10.2. The lowest BCUT2D eigenvalue weighted by molar-refractivity contribution is 0.102. The van der Waals surface area contributed by atoms with Crippen LogP contribution in [0.4, 0.5) is 0 Å². The van der Waals surface area contributed by atoms with E-state index < -0.39 is 0 Å². The molecule has 3 rings (SSSR count). The summed E-state index contributed by atoms with van der Waals surface area (Å²) in [5, 5.41) is 1.21. The second kappa shape index (κ2) is 9.62. The lowest BCUT2D eigenvalue weighted by Gasteiger charge is -2.20. The van der Waals surface area contributed by atoms with Crippen molar-refractivity contribution in [1.82, 2.24) is 19.0 Å². The summed E-state index contributed by atoms with van der Waals surface area (Å²) in [4.78, 5) is 33.0. The molecule has 0 aliphatic carbocycles. The molecule has 0 spiro atoms. The Labute approximate surface area is 181 Å². The highest BCUT2D eigenvalue weighted by Crippen LogP contribution is 2.21. The van der Waals surface area contributed by atoms with Crippen molar-refractivity contribution in [3.05, 3.63) is 57.6 Å². The van der Waals surface area contributed by atoms with Gasteiger partial charge in [0.05, 0.1) is 16.7 Å². The third kappa shape index (κ3) is 4.52. The Hall–Kier alpha value is -2.38. The van der Waals surface area contributed by atoms with E-state index >= 15 is 0 Å². The molecular weight excluding hydrogens is 396 g/mol. The number of hydrogen-bond acceptors (Lipinski definition) is 5. The Kier molecular flexibility index (Phi) is 7.15. The van der Waals surface area contributed by atoms with E-state index in [1.807, 2.05) is 55.8 Å². The van der Waals surface area contributed by atoms with E-state index in [1.165, 1.54) is 11.8 Å². The van der Waals surface area contributed by atoms with Crippen molar-refractivity contribution in [2.75, 3.05) is 25.4 Å².